The second kappa shape index (κ2) is 8.30. The first-order chi connectivity index (χ1) is 11.4. The summed E-state index contributed by atoms with van der Waals surface area (Å²) < 4.78 is 66.1. The van der Waals surface area contributed by atoms with E-state index in [9.17, 15) is 31.2 Å². The third kappa shape index (κ3) is 7.52. The highest BCUT2D eigenvalue weighted by Crippen LogP contribution is 2.14. The van der Waals surface area contributed by atoms with E-state index in [0.717, 1.165) is 11.1 Å². The summed E-state index contributed by atoms with van der Waals surface area (Å²) in [7, 11) is -3.96. The first-order valence-corrected chi connectivity index (χ1v) is 8.45. The van der Waals surface area contributed by atoms with Gasteiger partial charge in [-0.1, -0.05) is 6.07 Å². The molecule has 0 spiro atoms. The molecule has 1 aromatic carbocycles. The highest BCUT2D eigenvalue weighted by Gasteiger charge is 2.27. The van der Waals surface area contributed by atoms with Crippen molar-refractivity contribution in [1.82, 2.24) is 10.0 Å². The van der Waals surface area contributed by atoms with Gasteiger partial charge < -0.3 is 10.1 Å². The molecule has 0 saturated heterocycles. The van der Waals surface area contributed by atoms with E-state index in [2.05, 4.69) is 4.74 Å². The molecule has 1 aromatic rings. The fraction of sp³-hybridized carbons (Fsp3) is 0.429. The molecule has 0 fully saturated rings. The lowest BCUT2D eigenvalue weighted by Crippen LogP contribution is -2.37. The number of esters is 1. The van der Waals surface area contributed by atoms with Crippen molar-refractivity contribution >= 4 is 21.9 Å². The normalized spacial score (nSPS) is 11.9. The summed E-state index contributed by atoms with van der Waals surface area (Å²) in [6, 6.07) is 4.39. The van der Waals surface area contributed by atoms with Crippen LogP contribution in [0.5, 0.6) is 0 Å². The van der Waals surface area contributed by atoms with Crippen LogP contribution in [0.4, 0.5) is 13.2 Å². The van der Waals surface area contributed by atoms with Crippen molar-refractivity contribution in [2.45, 2.75) is 24.9 Å². The van der Waals surface area contributed by atoms with Crippen molar-refractivity contribution in [3.8, 4) is 0 Å². The third-order valence-electron chi connectivity index (χ3n) is 3.05. The monoisotopic (exact) mass is 382 g/mol. The zero-order valence-corrected chi connectivity index (χ0v) is 14.3. The number of amides is 1. The predicted molar refractivity (Wildman–Crippen MR) is 81.1 cm³/mol. The summed E-state index contributed by atoms with van der Waals surface area (Å²) in [5.74, 6) is -2.25. The summed E-state index contributed by atoms with van der Waals surface area (Å²) in [5, 5.41) is 1.51. The van der Waals surface area contributed by atoms with Gasteiger partial charge >= 0.3 is 12.1 Å². The summed E-state index contributed by atoms with van der Waals surface area (Å²) in [5.41, 5.74) is 1.63. The van der Waals surface area contributed by atoms with Crippen LogP contribution in [0, 0.1) is 13.8 Å². The molecule has 0 aliphatic carbocycles. The molecule has 1 amide bonds. The van der Waals surface area contributed by atoms with Gasteiger partial charge in [-0.15, -0.1) is 0 Å². The number of carbonyl (C=O) groups is 2. The Morgan fingerprint density at radius 1 is 1.16 bits per heavy atom. The zero-order chi connectivity index (χ0) is 19.3. The smallest absolute Gasteiger partial charge is 0.405 e. The van der Waals surface area contributed by atoms with Crippen LogP contribution in [0.3, 0.4) is 0 Å². The minimum absolute atomic E-state index is 0.0497. The van der Waals surface area contributed by atoms with E-state index in [1.54, 1.807) is 19.9 Å². The van der Waals surface area contributed by atoms with Crippen LogP contribution in [0.15, 0.2) is 23.1 Å². The van der Waals surface area contributed by atoms with Crippen LogP contribution in [-0.4, -0.2) is 46.2 Å². The molecular weight excluding hydrogens is 365 g/mol. The summed E-state index contributed by atoms with van der Waals surface area (Å²) in [4.78, 5) is 22.4. The number of hydrogen-bond acceptors (Lipinski definition) is 5. The molecule has 0 aliphatic heterocycles. The van der Waals surface area contributed by atoms with Gasteiger partial charge in [-0.3, -0.25) is 9.59 Å². The van der Waals surface area contributed by atoms with E-state index in [1.807, 2.05) is 4.72 Å². The van der Waals surface area contributed by atoms with Gasteiger partial charge in [0.2, 0.25) is 10.0 Å². The Morgan fingerprint density at radius 2 is 1.80 bits per heavy atom. The molecule has 0 saturated carbocycles. The fourth-order valence-corrected chi connectivity index (χ4v) is 2.62. The Bertz CT molecular complexity index is 747. The Balaban J connectivity index is 2.47. The number of rotatable bonds is 7. The van der Waals surface area contributed by atoms with Gasteiger partial charge in [0, 0.05) is 0 Å². The van der Waals surface area contributed by atoms with E-state index in [4.69, 9.17) is 0 Å². The SMILES string of the molecule is Cc1ccc(S(=O)(=O)NCC(=O)OCC(=O)NCC(F)(F)F)cc1C. The number of alkyl halides is 3. The number of nitrogens with one attached hydrogen (secondary N) is 2. The number of hydrogen-bond donors (Lipinski definition) is 2. The molecule has 0 aromatic heterocycles. The number of aryl methyl sites for hydroxylation is 2. The fourth-order valence-electron chi connectivity index (χ4n) is 1.57. The van der Waals surface area contributed by atoms with Gasteiger partial charge in [-0.05, 0) is 37.1 Å². The summed E-state index contributed by atoms with van der Waals surface area (Å²) in [6.45, 7) is 0.271. The van der Waals surface area contributed by atoms with Crippen LogP contribution in [-0.2, 0) is 24.3 Å². The highest BCUT2D eigenvalue weighted by molar-refractivity contribution is 7.89. The first-order valence-electron chi connectivity index (χ1n) is 6.97. The number of carbonyl (C=O) groups excluding carboxylic acids is 2. The van der Waals surface area contributed by atoms with E-state index < -0.39 is 47.8 Å². The molecule has 0 radical (unpaired) electrons. The predicted octanol–water partition coefficient (Wildman–Crippen LogP) is 0.803. The number of benzene rings is 1. The van der Waals surface area contributed by atoms with E-state index in [-0.39, 0.29) is 4.90 Å². The molecule has 2 N–H and O–H groups in total. The molecule has 0 heterocycles. The van der Waals surface area contributed by atoms with Crippen molar-refractivity contribution in [2.24, 2.45) is 0 Å². The number of ether oxygens (including phenoxy) is 1. The van der Waals surface area contributed by atoms with Crippen LogP contribution in [0.25, 0.3) is 0 Å². The highest BCUT2D eigenvalue weighted by atomic mass is 32.2. The van der Waals surface area contributed by atoms with Gasteiger partial charge in [0.15, 0.2) is 6.61 Å². The van der Waals surface area contributed by atoms with Gasteiger partial charge in [-0.2, -0.15) is 17.9 Å². The Hall–Kier alpha value is -2.14. The molecule has 25 heavy (non-hydrogen) atoms. The quantitative estimate of drug-likeness (QED) is 0.680. The zero-order valence-electron chi connectivity index (χ0n) is 13.4. The average molecular weight is 382 g/mol. The Labute approximate surface area is 142 Å². The third-order valence-corrected chi connectivity index (χ3v) is 4.44. The lowest BCUT2D eigenvalue weighted by molar-refractivity contribution is -0.150. The maximum absolute atomic E-state index is 12.0. The topological polar surface area (TPSA) is 102 Å². The molecule has 1 rings (SSSR count). The summed E-state index contributed by atoms with van der Waals surface area (Å²) in [6.07, 6.45) is -4.58. The van der Waals surface area contributed by atoms with E-state index >= 15 is 0 Å². The van der Waals surface area contributed by atoms with Crippen LogP contribution >= 0.6 is 0 Å². The van der Waals surface area contributed by atoms with E-state index in [0.29, 0.717) is 0 Å². The number of sulfonamides is 1. The largest absolute Gasteiger partial charge is 0.455 e. The second-order valence-electron chi connectivity index (χ2n) is 5.12. The Kier molecular flexibility index (Phi) is 6.94. The van der Waals surface area contributed by atoms with Crippen LogP contribution in [0.2, 0.25) is 0 Å². The average Bonchev–Trinajstić information content (AvgIpc) is 2.50. The lowest BCUT2D eigenvalue weighted by atomic mass is 10.1. The molecule has 0 atom stereocenters. The van der Waals surface area contributed by atoms with Gasteiger partial charge in [-0.25, -0.2) is 8.42 Å². The Morgan fingerprint density at radius 3 is 2.36 bits per heavy atom. The van der Waals surface area contributed by atoms with Crippen molar-refractivity contribution < 1.29 is 35.9 Å². The maximum Gasteiger partial charge on any atom is 0.405 e. The van der Waals surface area contributed by atoms with Crippen molar-refractivity contribution in [1.29, 1.82) is 0 Å². The van der Waals surface area contributed by atoms with Crippen LogP contribution < -0.4 is 10.0 Å². The molecule has 11 heteroatoms. The van der Waals surface area contributed by atoms with Crippen molar-refractivity contribution in [3.05, 3.63) is 29.3 Å². The van der Waals surface area contributed by atoms with Crippen molar-refractivity contribution in [2.75, 3.05) is 19.7 Å². The molecule has 0 unspecified atom stereocenters. The van der Waals surface area contributed by atoms with Crippen molar-refractivity contribution in [3.63, 3.8) is 0 Å². The minimum atomic E-state index is -4.58. The number of halogens is 3. The van der Waals surface area contributed by atoms with E-state index in [1.165, 1.54) is 17.4 Å². The molecule has 7 nitrogen and oxygen atoms in total. The van der Waals surface area contributed by atoms with Crippen LogP contribution in [0.1, 0.15) is 11.1 Å². The van der Waals surface area contributed by atoms with Gasteiger partial charge in [0.05, 0.1) is 4.90 Å². The second-order valence-corrected chi connectivity index (χ2v) is 6.89. The molecule has 0 aliphatic rings. The lowest BCUT2D eigenvalue weighted by Gasteiger charge is -2.10. The first kappa shape index (κ1) is 20.9. The van der Waals surface area contributed by atoms with Gasteiger partial charge in [0.1, 0.15) is 13.1 Å². The minimum Gasteiger partial charge on any atom is -0.455 e. The molecular formula is C14H17F3N2O5S. The molecule has 140 valence electrons. The summed E-state index contributed by atoms with van der Waals surface area (Å²) >= 11 is 0. The maximum atomic E-state index is 12.0. The standard InChI is InChI=1S/C14H17F3N2O5S/c1-9-3-4-11(5-10(9)2)25(22,23)19-6-13(21)24-7-12(20)18-8-14(15,16)17/h3-5,19H,6-8H2,1-2H3,(H,18,20). The molecule has 0 bridgehead atoms. The van der Waals surface area contributed by atoms with Gasteiger partial charge in [0.25, 0.3) is 5.91 Å².